The van der Waals surface area contributed by atoms with E-state index in [2.05, 4.69) is 6.92 Å². The Morgan fingerprint density at radius 3 is 1.83 bits per heavy atom. The molecule has 0 saturated heterocycles. The second kappa shape index (κ2) is 15.4. The minimum atomic E-state index is -4.22. The van der Waals surface area contributed by atoms with Crippen molar-refractivity contribution >= 4 is 0 Å². The summed E-state index contributed by atoms with van der Waals surface area (Å²) in [5.41, 5.74) is 5.28. The van der Waals surface area contributed by atoms with Gasteiger partial charge in [0, 0.05) is 0 Å². The van der Waals surface area contributed by atoms with Crippen LogP contribution in [-0.2, 0) is 12.6 Å². The zero-order valence-electron chi connectivity index (χ0n) is 14.9. The van der Waals surface area contributed by atoms with Crippen LogP contribution >= 0.6 is 0 Å². The van der Waals surface area contributed by atoms with Gasteiger partial charge in [-0.05, 0) is 43.7 Å². The Labute approximate surface area is 139 Å². The maximum absolute atomic E-state index is 12.3. The number of allylic oxidation sites excluding steroid dienone is 1. The van der Waals surface area contributed by atoms with Gasteiger partial charge in [0.1, 0.15) is 0 Å². The number of aryl methyl sites for hydroxylation is 1. The van der Waals surface area contributed by atoms with Crippen molar-refractivity contribution in [2.75, 3.05) is 0 Å². The van der Waals surface area contributed by atoms with Crippen LogP contribution in [0.5, 0.6) is 0 Å². The maximum Gasteiger partial charge on any atom is 0.416 e. The Bertz CT molecular complexity index is 377. The molecule has 23 heavy (non-hydrogen) atoms. The van der Waals surface area contributed by atoms with Crippen LogP contribution in [0.4, 0.5) is 13.2 Å². The summed E-state index contributed by atoms with van der Waals surface area (Å²) in [7, 11) is 0. The zero-order chi connectivity index (χ0) is 18.1. The molecule has 0 spiro atoms. The molecule has 0 aliphatic carbocycles. The molecule has 1 aromatic rings. The Balaban J connectivity index is 0. The molecule has 0 unspecified atom stereocenters. The molecule has 1 nitrogen and oxygen atoms in total. The minimum absolute atomic E-state index is 0.563. The molecule has 0 aromatic heterocycles. The van der Waals surface area contributed by atoms with Crippen LogP contribution < -0.4 is 5.73 Å². The van der Waals surface area contributed by atoms with Crippen LogP contribution in [0.1, 0.15) is 70.9 Å². The fourth-order valence-corrected chi connectivity index (χ4v) is 1.79. The molecular weight excluding hydrogens is 299 g/mol. The lowest BCUT2D eigenvalue weighted by Crippen LogP contribution is -2.04. The summed E-state index contributed by atoms with van der Waals surface area (Å²) < 4.78 is 36.9. The molecule has 1 aromatic carbocycles. The molecule has 134 valence electrons. The number of rotatable bonds is 6. The summed E-state index contributed by atoms with van der Waals surface area (Å²) in [5.74, 6) is 0. The van der Waals surface area contributed by atoms with Gasteiger partial charge in [-0.1, -0.05) is 64.7 Å². The molecule has 0 atom stereocenters. The highest BCUT2D eigenvalue weighted by Crippen LogP contribution is 2.29. The number of benzene rings is 1. The van der Waals surface area contributed by atoms with Gasteiger partial charge >= 0.3 is 6.18 Å². The molecule has 0 radical (unpaired) electrons. The van der Waals surface area contributed by atoms with Gasteiger partial charge in [0.25, 0.3) is 0 Å². The normalized spacial score (nSPS) is 10.6. The van der Waals surface area contributed by atoms with Crippen molar-refractivity contribution in [1.29, 1.82) is 0 Å². The van der Waals surface area contributed by atoms with E-state index < -0.39 is 11.7 Å². The van der Waals surface area contributed by atoms with Crippen LogP contribution in [0.2, 0.25) is 0 Å². The van der Waals surface area contributed by atoms with Crippen molar-refractivity contribution in [3.8, 4) is 0 Å². The molecule has 4 heteroatoms. The molecule has 0 bridgehead atoms. The molecular formula is C19H32F3N. The van der Waals surface area contributed by atoms with Crippen molar-refractivity contribution in [2.45, 2.75) is 72.4 Å². The van der Waals surface area contributed by atoms with Crippen LogP contribution in [-0.4, -0.2) is 0 Å². The third-order valence-electron chi connectivity index (χ3n) is 3.04. The molecule has 2 N–H and O–H groups in total. The fraction of sp³-hybridized carbons (Fsp3) is 0.579. The predicted octanol–water partition coefficient (Wildman–Crippen LogP) is 6.72. The van der Waals surface area contributed by atoms with Crippen LogP contribution in [0.15, 0.2) is 36.5 Å². The van der Waals surface area contributed by atoms with E-state index in [1.165, 1.54) is 37.6 Å². The Hall–Kier alpha value is -1.45. The van der Waals surface area contributed by atoms with E-state index in [1.807, 2.05) is 20.8 Å². The molecule has 1 rings (SSSR count). The minimum Gasteiger partial charge on any atom is -0.405 e. The third-order valence-corrected chi connectivity index (χ3v) is 3.04. The van der Waals surface area contributed by atoms with E-state index in [-0.39, 0.29) is 0 Å². The number of halogens is 3. The average Bonchev–Trinajstić information content (AvgIpc) is 2.56. The lowest BCUT2D eigenvalue weighted by Gasteiger charge is -2.07. The monoisotopic (exact) mass is 331 g/mol. The molecule has 0 saturated carbocycles. The zero-order valence-corrected chi connectivity index (χ0v) is 14.9. The third kappa shape index (κ3) is 13.9. The van der Waals surface area contributed by atoms with Gasteiger partial charge < -0.3 is 5.73 Å². The number of nitrogens with two attached hydrogens (primary N) is 1. The van der Waals surface area contributed by atoms with Crippen molar-refractivity contribution in [2.24, 2.45) is 5.73 Å². The number of unbranched alkanes of at least 4 members (excludes halogenated alkanes) is 4. The van der Waals surface area contributed by atoms with Crippen molar-refractivity contribution in [3.05, 3.63) is 47.7 Å². The van der Waals surface area contributed by atoms with Gasteiger partial charge in [0.2, 0.25) is 0 Å². The van der Waals surface area contributed by atoms with E-state index in [0.717, 1.165) is 24.8 Å². The first-order valence-corrected chi connectivity index (χ1v) is 8.44. The number of hydrogen-bond donors (Lipinski definition) is 1. The molecule has 0 amide bonds. The molecule has 0 aliphatic rings. The highest BCUT2D eigenvalue weighted by molar-refractivity contribution is 5.24. The van der Waals surface area contributed by atoms with Gasteiger partial charge in [0.05, 0.1) is 5.56 Å². The first kappa shape index (κ1) is 23.8. The SMILES string of the molecule is C/C=C/N.CC.CCCCCCCc1ccc(C(F)(F)F)cc1. The fourth-order valence-electron chi connectivity index (χ4n) is 1.79. The first-order chi connectivity index (χ1) is 11.0. The predicted molar refractivity (Wildman–Crippen MR) is 94.3 cm³/mol. The standard InChI is InChI=1S/C14H19F3.C3H7N.C2H6/c1-2-3-4-5-6-7-12-8-10-13(11-9-12)14(15,16)17;1-2-3-4;1-2/h8-11H,2-7H2,1H3;2-3H,4H2,1H3;1-2H3/b;3-2+;. The smallest absolute Gasteiger partial charge is 0.405 e. The van der Waals surface area contributed by atoms with Gasteiger partial charge in [-0.25, -0.2) is 0 Å². The Kier molecular flexibility index (Phi) is 16.0. The topological polar surface area (TPSA) is 26.0 Å². The van der Waals surface area contributed by atoms with Crippen LogP contribution in [0.3, 0.4) is 0 Å². The molecule has 0 heterocycles. The quantitative estimate of drug-likeness (QED) is 0.575. The van der Waals surface area contributed by atoms with E-state index in [4.69, 9.17) is 5.73 Å². The van der Waals surface area contributed by atoms with E-state index in [1.54, 1.807) is 18.2 Å². The summed E-state index contributed by atoms with van der Waals surface area (Å²) in [6, 6.07) is 5.51. The maximum atomic E-state index is 12.3. The van der Waals surface area contributed by atoms with Crippen molar-refractivity contribution in [3.63, 3.8) is 0 Å². The Morgan fingerprint density at radius 1 is 0.957 bits per heavy atom. The van der Waals surface area contributed by atoms with E-state index in [9.17, 15) is 13.2 Å². The summed E-state index contributed by atoms with van der Waals surface area (Å²) in [4.78, 5) is 0. The first-order valence-electron chi connectivity index (χ1n) is 8.44. The van der Waals surface area contributed by atoms with E-state index >= 15 is 0 Å². The second-order valence-electron chi connectivity index (χ2n) is 4.88. The van der Waals surface area contributed by atoms with Gasteiger partial charge in [-0.3, -0.25) is 0 Å². The summed E-state index contributed by atoms with van der Waals surface area (Å²) in [5, 5.41) is 0. The number of hydrogen-bond acceptors (Lipinski definition) is 1. The summed E-state index contributed by atoms with van der Waals surface area (Å²) >= 11 is 0. The molecule has 0 fully saturated rings. The number of alkyl halides is 3. The van der Waals surface area contributed by atoms with Gasteiger partial charge in [-0.15, -0.1) is 0 Å². The van der Waals surface area contributed by atoms with Crippen molar-refractivity contribution < 1.29 is 13.2 Å². The highest BCUT2D eigenvalue weighted by atomic mass is 19.4. The lowest BCUT2D eigenvalue weighted by molar-refractivity contribution is -0.137. The average molecular weight is 331 g/mol. The Morgan fingerprint density at radius 2 is 1.43 bits per heavy atom. The molecule has 0 aliphatic heterocycles. The van der Waals surface area contributed by atoms with Gasteiger partial charge in [-0.2, -0.15) is 13.2 Å². The second-order valence-corrected chi connectivity index (χ2v) is 4.88. The van der Waals surface area contributed by atoms with E-state index in [0.29, 0.717) is 0 Å². The van der Waals surface area contributed by atoms with Gasteiger partial charge in [0.15, 0.2) is 0 Å². The highest BCUT2D eigenvalue weighted by Gasteiger charge is 2.29. The van der Waals surface area contributed by atoms with Crippen molar-refractivity contribution in [1.82, 2.24) is 0 Å². The van der Waals surface area contributed by atoms with Crippen LogP contribution in [0, 0.1) is 0 Å². The largest absolute Gasteiger partial charge is 0.416 e. The van der Waals surface area contributed by atoms with Crippen LogP contribution in [0.25, 0.3) is 0 Å². The lowest BCUT2D eigenvalue weighted by atomic mass is 10.0. The summed E-state index contributed by atoms with van der Waals surface area (Å²) in [6.45, 7) is 8.04. The summed E-state index contributed by atoms with van der Waals surface area (Å²) in [6.07, 6.45) is 5.83.